The smallest absolute Gasteiger partial charge is 0.340 e. The molecule has 0 fully saturated rings. The van der Waals surface area contributed by atoms with Crippen molar-refractivity contribution in [2.45, 2.75) is 25.4 Å². The van der Waals surface area contributed by atoms with Crippen LogP contribution in [0.4, 0.5) is 0 Å². The van der Waals surface area contributed by atoms with Gasteiger partial charge >= 0.3 is 5.97 Å². The van der Waals surface area contributed by atoms with Crippen molar-refractivity contribution in [1.29, 1.82) is 0 Å². The van der Waals surface area contributed by atoms with Gasteiger partial charge in [0.25, 0.3) is 0 Å². The number of carboxylic acids is 1. The second-order valence-electron chi connectivity index (χ2n) is 3.42. The quantitative estimate of drug-likeness (QED) is 0.832. The topological polar surface area (TPSA) is 57.5 Å². The molecule has 0 aromatic heterocycles. The molecule has 0 amide bonds. The lowest BCUT2D eigenvalue weighted by molar-refractivity contribution is -0.160. The normalized spacial score (nSPS) is 14.6. The van der Waals surface area contributed by atoms with Crippen molar-refractivity contribution in [2.75, 3.05) is 0 Å². The van der Waals surface area contributed by atoms with Crippen molar-refractivity contribution in [3.63, 3.8) is 0 Å². The van der Waals surface area contributed by atoms with Gasteiger partial charge in [-0.25, -0.2) is 4.79 Å². The van der Waals surface area contributed by atoms with E-state index in [4.69, 9.17) is 16.7 Å². The summed E-state index contributed by atoms with van der Waals surface area (Å²) in [5.74, 6) is -1.23. The van der Waals surface area contributed by atoms with Gasteiger partial charge in [0.05, 0.1) is 0 Å². The molecule has 82 valence electrons. The molecule has 0 saturated carbocycles. The molecule has 0 spiro atoms. The third-order valence-corrected chi connectivity index (χ3v) is 2.54. The van der Waals surface area contributed by atoms with Crippen LogP contribution in [0.2, 0.25) is 5.02 Å². The van der Waals surface area contributed by atoms with E-state index in [1.54, 1.807) is 12.1 Å². The van der Waals surface area contributed by atoms with Crippen LogP contribution in [0, 0.1) is 0 Å². The highest BCUT2D eigenvalue weighted by atomic mass is 35.5. The Morgan fingerprint density at radius 3 is 2.33 bits per heavy atom. The molecule has 2 N–H and O–H groups in total. The van der Waals surface area contributed by atoms with Crippen LogP contribution in [0.3, 0.4) is 0 Å². The molecule has 1 rings (SSSR count). The first kappa shape index (κ1) is 12.0. The predicted molar refractivity (Wildman–Crippen MR) is 57.9 cm³/mol. The average molecular weight is 229 g/mol. The maximum Gasteiger partial charge on any atom is 0.340 e. The van der Waals surface area contributed by atoms with Crippen LogP contribution in [0.25, 0.3) is 0 Å². The molecule has 15 heavy (non-hydrogen) atoms. The molecule has 1 atom stereocenters. The summed E-state index contributed by atoms with van der Waals surface area (Å²) in [6.45, 7) is 1.82. The Morgan fingerprint density at radius 1 is 1.40 bits per heavy atom. The largest absolute Gasteiger partial charge is 0.479 e. The lowest BCUT2D eigenvalue weighted by Gasteiger charge is -2.23. The minimum absolute atomic E-state index is 0.184. The number of carboxylic acid groups (broad SMARTS) is 1. The van der Waals surface area contributed by atoms with Gasteiger partial charge in [-0.1, -0.05) is 37.1 Å². The number of halogens is 1. The summed E-state index contributed by atoms with van der Waals surface area (Å²) in [5, 5.41) is 19.5. The molecule has 0 saturated heterocycles. The highest BCUT2D eigenvalue weighted by molar-refractivity contribution is 6.30. The maximum absolute atomic E-state index is 11.0. The molecular formula is C11H13ClO3. The van der Waals surface area contributed by atoms with Crippen LogP contribution in [0.5, 0.6) is 0 Å². The summed E-state index contributed by atoms with van der Waals surface area (Å²) in [5.41, 5.74) is -1.44. The first-order valence-electron chi connectivity index (χ1n) is 4.72. The summed E-state index contributed by atoms with van der Waals surface area (Å²) in [6.07, 6.45) is 0.773. The van der Waals surface area contributed by atoms with Crippen molar-refractivity contribution in [3.8, 4) is 0 Å². The van der Waals surface area contributed by atoms with E-state index in [2.05, 4.69) is 0 Å². The van der Waals surface area contributed by atoms with Crippen molar-refractivity contribution in [3.05, 3.63) is 34.9 Å². The highest BCUT2D eigenvalue weighted by Gasteiger charge is 2.36. The minimum atomic E-state index is -1.81. The molecule has 1 unspecified atom stereocenters. The number of rotatable bonds is 4. The molecule has 1 aromatic carbocycles. The lowest BCUT2D eigenvalue weighted by atomic mass is 9.89. The van der Waals surface area contributed by atoms with Crippen LogP contribution in [0.15, 0.2) is 24.3 Å². The zero-order valence-corrected chi connectivity index (χ0v) is 9.16. The summed E-state index contributed by atoms with van der Waals surface area (Å²) >= 11 is 5.69. The molecule has 3 nitrogen and oxygen atoms in total. The molecule has 0 heterocycles. The van der Waals surface area contributed by atoms with Crippen molar-refractivity contribution >= 4 is 17.6 Å². The van der Waals surface area contributed by atoms with Crippen LogP contribution >= 0.6 is 11.6 Å². The fourth-order valence-electron chi connectivity index (χ4n) is 1.46. The molecular weight excluding hydrogens is 216 g/mol. The van der Waals surface area contributed by atoms with E-state index in [0.29, 0.717) is 17.0 Å². The van der Waals surface area contributed by atoms with Gasteiger partial charge in [-0.15, -0.1) is 0 Å². The third kappa shape index (κ3) is 2.49. The summed E-state index contributed by atoms with van der Waals surface area (Å²) < 4.78 is 0. The SMILES string of the molecule is CCCC(O)(C(=O)O)c1ccc(Cl)cc1. The van der Waals surface area contributed by atoms with Gasteiger partial charge in [-0.05, 0) is 24.1 Å². The van der Waals surface area contributed by atoms with Crippen LogP contribution in [0.1, 0.15) is 25.3 Å². The standard InChI is InChI=1S/C11H13ClO3/c1-2-7-11(15,10(13)14)8-3-5-9(12)6-4-8/h3-6,15H,2,7H2,1H3,(H,13,14). The third-order valence-electron chi connectivity index (χ3n) is 2.29. The van der Waals surface area contributed by atoms with E-state index in [1.165, 1.54) is 12.1 Å². The fraction of sp³-hybridized carbons (Fsp3) is 0.364. The zero-order chi connectivity index (χ0) is 11.5. The Kier molecular flexibility index (Phi) is 3.72. The fourth-order valence-corrected chi connectivity index (χ4v) is 1.59. The number of hydrogen-bond donors (Lipinski definition) is 2. The van der Waals surface area contributed by atoms with E-state index in [9.17, 15) is 9.90 Å². The summed E-state index contributed by atoms with van der Waals surface area (Å²) in [6, 6.07) is 6.21. The predicted octanol–water partition coefficient (Wildman–Crippen LogP) is 2.41. The molecule has 0 aliphatic rings. The maximum atomic E-state index is 11.0. The number of aliphatic carboxylic acids is 1. The first-order valence-corrected chi connectivity index (χ1v) is 5.10. The van der Waals surface area contributed by atoms with Crippen molar-refractivity contribution in [1.82, 2.24) is 0 Å². The Hall–Kier alpha value is -1.06. The number of hydrogen-bond acceptors (Lipinski definition) is 2. The monoisotopic (exact) mass is 228 g/mol. The number of benzene rings is 1. The number of carbonyl (C=O) groups is 1. The summed E-state index contributed by atoms with van der Waals surface area (Å²) in [7, 11) is 0. The van der Waals surface area contributed by atoms with Gasteiger partial charge in [0.2, 0.25) is 0 Å². The van der Waals surface area contributed by atoms with Gasteiger partial charge in [0, 0.05) is 5.02 Å². The van der Waals surface area contributed by atoms with Crippen LogP contribution in [-0.4, -0.2) is 16.2 Å². The average Bonchev–Trinajstić information content (AvgIpc) is 2.18. The highest BCUT2D eigenvalue weighted by Crippen LogP contribution is 2.27. The van der Waals surface area contributed by atoms with E-state index in [1.807, 2.05) is 6.92 Å². The van der Waals surface area contributed by atoms with Crippen LogP contribution < -0.4 is 0 Å². The first-order chi connectivity index (χ1) is 7.00. The van der Waals surface area contributed by atoms with Gasteiger partial charge in [-0.2, -0.15) is 0 Å². The Labute approximate surface area is 93.3 Å². The molecule has 0 aliphatic carbocycles. The molecule has 4 heteroatoms. The second kappa shape index (κ2) is 4.64. The zero-order valence-electron chi connectivity index (χ0n) is 8.40. The van der Waals surface area contributed by atoms with Gasteiger partial charge in [-0.3, -0.25) is 0 Å². The van der Waals surface area contributed by atoms with Gasteiger partial charge in [0.1, 0.15) is 0 Å². The van der Waals surface area contributed by atoms with Gasteiger partial charge in [0.15, 0.2) is 5.60 Å². The molecule has 1 aromatic rings. The van der Waals surface area contributed by atoms with E-state index in [-0.39, 0.29) is 6.42 Å². The molecule has 0 radical (unpaired) electrons. The Balaban J connectivity index is 3.09. The van der Waals surface area contributed by atoms with E-state index < -0.39 is 11.6 Å². The molecule has 0 aliphatic heterocycles. The summed E-state index contributed by atoms with van der Waals surface area (Å²) in [4.78, 5) is 11.0. The number of aliphatic hydroxyl groups is 1. The van der Waals surface area contributed by atoms with E-state index in [0.717, 1.165) is 0 Å². The Morgan fingerprint density at radius 2 is 1.93 bits per heavy atom. The van der Waals surface area contributed by atoms with Crippen LogP contribution in [-0.2, 0) is 10.4 Å². The van der Waals surface area contributed by atoms with Crippen molar-refractivity contribution < 1.29 is 15.0 Å². The van der Waals surface area contributed by atoms with Gasteiger partial charge < -0.3 is 10.2 Å². The minimum Gasteiger partial charge on any atom is -0.479 e. The lowest BCUT2D eigenvalue weighted by Crippen LogP contribution is -2.35. The van der Waals surface area contributed by atoms with E-state index >= 15 is 0 Å². The Bertz CT molecular complexity index is 347. The second-order valence-corrected chi connectivity index (χ2v) is 3.86. The van der Waals surface area contributed by atoms with Crippen molar-refractivity contribution in [2.24, 2.45) is 0 Å². The molecule has 0 bridgehead atoms.